The zero-order chi connectivity index (χ0) is 22.7. The van der Waals surface area contributed by atoms with Crippen LogP contribution < -0.4 is 9.64 Å². The van der Waals surface area contributed by atoms with Gasteiger partial charge in [-0.3, -0.25) is 0 Å². The van der Waals surface area contributed by atoms with E-state index in [9.17, 15) is 8.42 Å². The van der Waals surface area contributed by atoms with Crippen LogP contribution in [0, 0.1) is 11.8 Å². The summed E-state index contributed by atoms with van der Waals surface area (Å²) in [5.74, 6) is 6.67. The zero-order valence-corrected chi connectivity index (χ0v) is 19.6. The van der Waals surface area contributed by atoms with Crippen molar-refractivity contribution < 1.29 is 13.2 Å². The van der Waals surface area contributed by atoms with Crippen molar-refractivity contribution in [1.29, 1.82) is 0 Å². The summed E-state index contributed by atoms with van der Waals surface area (Å²) in [7, 11) is -3.42. The van der Waals surface area contributed by atoms with Gasteiger partial charge < -0.3 is 9.64 Å². The predicted octanol–water partition coefficient (Wildman–Crippen LogP) is 4.81. The molecule has 0 N–H and O–H groups in total. The minimum Gasteiger partial charge on any atom is -0.489 e. The summed E-state index contributed by atoms with van der Waals surface area (Å²) in [6.07, 6.45) is 5.65. The van der Waals surface area contributed by atoms with E-state index < -0.39 is 10.0 Å². The Bertz CT molecular complexity index is 1010. The number of rotatable bonds is 9. The molecule has 1 saturated heterocycles. The number of allylic oxidation sites excluding steroid dienone is 1. The zero-order valence-electron chi connectivity index (χ0n) is 18.7. The average Bonchev–Trinajstić information content (AvgIpc) is 2.83. The van der Waals surface area contributed by atoms with Crippen molar-refractivity contribution in [1.82, 2.24) is 4.31 Å². The largest absolute Gasteiger partial charge is 0.489 e. The maximum Gasteiger partial charge on any atom is 0.236 e. The van der Waals surface area contributed by atoms with Gasteiger partial charge in [-0.15, -0.1) is 0 Å². The molecular formula is C26H32N2O3S. The van der Waals surface area contributed by atoms with Crippen molar-refractivity contribution in [3.63, 3.8) is 0 Å². The van der Waals surface area contributed by atoms with Crippen LogP contribution in [0.5, 0.6) is 5.75 Å². The molecule has 1 heterocycles. The van der Waals surface area contributed by atoms with Gasteiger partial charge in [-0.2, -0.15) is 4.31 Å². The van der Waals surface area contributed by atoms with Gasteiger partial charge in [0.2, 0.25) is 10.0 Å². The van der Waals surface area contributed by atoms with E-state index in [1.54, 1.807) is 0 Å². The van der Waals surface area contributed by atoms with Crippen LogP contribution in [-0.2, 0) is 16.6 Å². The van der Waals surface area contributed by atoms with Gasteiger partial charge in [0.05, 0.1) is 5.41 Å². The van der Waals surface area contributed by atoms with Crippen LogP contribution in [-0.4, -0.2) is 38.9 Å². The molecule has 32 heavy (non-hydrogen) atoms. The van der Waals surface area contributed by atoms with Gasteiger partial charge in [0.25, 0.3) is 0 Å². The van der Waals surface area contributed by atoms with E-state index in [4.69, 9.17) is 4.74 Å². The molecule has 0 amide bonds. The first-order valence-corrected chi connectivity index (χ1v) is 12.8. The lowest BCUT2D eigenvalue weighted by Crippen LogP contribution is -2.48. The van der Waals surface area contributed by atoms with Crippen molar-refractivity contribution in [3.05, 3.63) is 71.6 Å². The normalized spacial score (nSPS) is 14.8. The summed E-state index contributed by atoms with van der Waals surface area (Å²) in [4.78, 5) is 2.20. The second-order valence-electron chi connectivity index (χ2n) is 7.78. The number of sulfonamides is 1. The van der Waals surface area contributed by atoms with E-state index >= 15 is 0 Å². The fourth-order valence-corrected chi connectivity index (χ4v) is 4.58. The fourth-order valence-electron chi connectivity index (χ4n) is 3.50. The summed E-state index contributed by atoms with van der Waals surface area (Å²) in [5.41, 5.74) is 2.20. The van der Waals surface area contributed by atoms with Crippen LogP contribution in [0.15, 0.2) is 66.1 Å². The van der Waals surface area contributed by atoms with Crippen LogP contribution in [0.2, 0.25) is 0 Å². The van der Waals surface area contributed by atoms with Crippen LogP contribution in [0.4, 0.5) is 5.69 Å². The number of hydrogen-bond donors (Lipinski definition) is 0. The molecule has 5 nitrogen and oxygen atoms in total. The van der Waals surface area contributed by atoms with Gasteiger partial charge in [-0.05, 0) is 36.2 Å². The smallest absolute Gasteiger partial charge is 0.236 e. The van der Waals surface area contributed by atoms with Crippen molar-refractivity contribution >= 4 is 15.7 Å². The second-order valence-corrected chi connectivity index (χ2v) is 9.60. The van der Waals surface area contributed by atoms with Gasteiger partial charge in [0.15, 0.2) is 0 Å². The fraction of sp³-hybridized carbons (Fsp3) is 0.385. The third kappa shape index (κ3) is 7.44. The van der Waals surface area contributed by atoms with Crippen LogP contribution in [0.1, 0.15) is 38.2 Å². The van der Waals surface area contributed by atoms with Crippen LogP contribution in [0.3, 0.4) is 0 Å². The maximum absolute atomic E-state index is 12.5. The standard InChI is InChI=1S/C26H32N2O3S/c1-2-3-4-5-6-7-11-22-32(29,30)28-20-18-27(19-21-28)25-14-16-26(17-15-25)31-23-24-12-9-8-10-13-24/h8-17,22H,2-5,18-21,23H2,1H3/b22-11+. The minimum absolute atomic E-state index is 0.461. The summed E-state index contributed by atoms with van der Waals surface area (Å²) in [5, 5.41) is 1.23. The van der Waals surface area contributed by atoms with E-state index in [1.807, 2.05) is 54.6 Å². The Morgan fingerprint density at radius 2 is 1.69 bits per heavy atom. The minimum atomic E-state index is -3.42. The Hall–Kier alpha value is -2.75. The molecule has 6 heteroatoms. The van der Waals surface area contributed by atoms with Gasteiger partial charge in [-0.1, -0.05) is 61.9 Å². The van der Waals surface area contributed by atoms with E-state index in [-0.39, 0.29) is 0 Å². The SMILES string of the molecule is CCCCCC#C/C=C/S(=O)(=O)N1CCN(c2ccc(OCc3ccccc3)cc2)CC1. The number of unbranched alkanes of at least 4 members (excludes halogenated alkanes) is 3. The highest BCUT2D eigenvalue weighted by atomic mass is 32.2. The lowest BCUT2D eigenvalue weighted by atomic mass is 10.2. The third-order valence-electron chi connectivity index (χ3n) is 5.38. The number of nitrogens with zero attached hydrogens (tertiary/aromatic N) is 2. The first-order chi connectivity index (χ1) is 15.6. The summed E-state index contributed by atoms with van der Waals surface area (Å²) >= 11 is 0. The Balaban J connectivity index is 1.46. The third-order valence-corrected chi connectivity index (χ3v) is 6.94. The monoisotopic (exact) mass is 452 g/mol. The molecule has 3 rings (SSSR count). The highest BCUT2D eigenvalue weighted by Gasteiger charge is 2.25. The highest BCUT2D eigenvalue weighted by molar-refractivity contribution is 7.92. The number of benzene rings is 2. The molecule has 0 unspecified atom stereocenters. The Morgan fingerprint density at radius 3 is 2.38 bits per heavy atom. The van der Waals surface area contributed by atoms with E-state index in [1.165, 1.54) is 15.8 Å². The van der Waals surface area contributed by atoms with Gasteiger partial charge >= 0.3 is 0 Å². The summed E-state index contributed by atoms with van der Waals surface area (Å²) in [6, 6.07) is 18.0. The Kier molecular flexibility index (Phi) is 9.21. The topological polar surface area (TPSA) is 49.9 Å². The van der Waals surface area contributed by atoms with E-state index in [2.05, 4.69) is 23.7 Å². The molecule has 1 fully saturated rings. The van der Waals surface area contributed by atoms with E-state index in [0.717, 1.165) is 42.7 Å². The van der Waals surface area contributed by atoms with Crippen molar-refractivity contribution in [2.75, 3.05) is 31.1 Å². The molecule has 0 atom stereocenters. The van der Waals surface area contributed by atoms with Gasteiger partial charge in [0, 0.05) is 44.4 Å². The molecule has 1 aliphatic rings. The molecule has 1 aliphatic heterocycles. The summed E-state index contributed by atoms with van der Waals surface area (Å²) < 4.78 is 32.4. The Morgan fingerprint density at radius 1 is 0.969 bits per heavy atom. The quantitative estimate of drug-likeness (QED) is 0.405. The molecule has 0 spiro atoms. The Labute approximate surface area is 192 Å². The van der Waals surface area contributed by atoms with Gasteiger partial charge in [-0.25, -0.2) is 8.42 Å². The lowest BCUT2D eigenvalue weighted by Gasteiger charge is -2.34. The summed E-state index contributed by atoms with van der Waals surface area (Å²) in [6.45, 7) is 4.91. The number of hydrogen-bond acceptors (Lipinski definition) is 4. The molecule has 170 valence electrons. The van der Waals surface area contributed by atoms with Crippen LogP contribution in [0.25, 0.3) is 0 Å². The number of anilines is 1. The molecule has 0 saturated carbocycles. The molecule has 0 aromatic heterocycles. The molecular weight excluding hydrogens is 420 g/mol. The van der Waals surface area contributed by atoms with Gasteiger partial charge in [0.1, 0.15) is 12.4 Å². The average molecular weight is 453 g/mol. The first-order valence-electron chi connectivity index (χ1n) is 11.3. The number of piperazine rings is 1. The van der Waals surface area contributed by atoms with Crippen molar-refractivity contribution in [3.8, 4) is 17.6 Å². The van der Waals surface area contributed by atoms with E-state index in [0.29, 0.717) is 32.8 Å². The lowest BCUT2D eigenvalue weighted by molar-refractivity contribution is 0.306. The maximum atomic E-state index is 12.5. The molecule has 0 radical (unpaired) electrons. The highest BCUT2D eigenvalue weighted by Crippen LogP contribution is 2.22. The van der Waals surface area contributed by atoms with Crippen LogP contribution >= 0.6 is 0 Å². The first kappa shape index (κ1) is 23.9. The second kappa shape index (κ2) is 12.3. The molecule has 2 aromatic carbocycles. The molecule has 2 aromatic rings. The predicted molar refractivity (Wildman–Crippen MR) is 131 cm³/mol. The van der Waals surface area contributed by atoms with Crippen molar-refractivity contribution in [2.24, 2.45) is 0 Å². The van der Waals surface area contributed by atoms with Crippen molar-refractivity contribution in [2.45, 2.75) is 39.2 Å². The number of ether oxygens (including phenoxy) is 1. The molecule has 0 bridgehead atoms. The molecule has 0 aliphatic carbocycles.